The molecule has 12 aromatic rings. The Morgan fingerprint density at radius 2 is 0.779 bits per heavy atom. The van der Waals surface area contributed by atoms with Crippen LogP contribution in [0.1, 0.15) is 22.3 Å². The van der Waals surface area contributed by atoms with Crippen LogP contribution in [0, 0.1) is 0 Å². The van der Waals surface area contributed by atoms with E-state index in [1.165, 1.54) is 66.4 Å². The maximum Gasteiger partial charge on any atom is 0.159 e. The first-order valence-electron chi connectivity index (χ1n) is 23.4. The van der Waals surface area contributed by atoms with Crippen molar-refractivity contribution < 1.29 is 4.42 Å². The lowest BCUT2D eigenvalue weighted by Gasteiger charge is -2.33. The number of furan rings is 1. The van der Waals surface area contributed by atoms with Crippen LogP contribution in [0.5, 0.6) is 0 Å². The van der Waals surface area contributed by atoms with Crippen LogP contribution in [0.4, 0.5) is 34.1 Å². The smallest absolute Gasteiger partial charge is 0.159 e. The van der Waals surface area contributed by atoms with E-state index in [1.54, 1.807) is 0 Å². The van der Waals surface area contributed by atoms with E-state index < -0.39 is 5.41 Å². The van der Waals surface area contributed by atoms with Gasteiger partial charge in [0.25, 0.3) is 0 Å². The van der Waals surface area contributed by atoms with Crippen molar-refractivity contribution in [2.24, 2.45) is 0 Å². The van der Waals surface area contributed by atoms with Crippen molar-refractivity contribution in [2.75, 3.05) is 9.80 Å². The Kier molecular flexibility index (Phi) is 8.50. The molecule has 0 N–H and O–H groups in total. The lowest BCUT2D eigenvalue weighted by atomic mass is 9.70. The Morgan fingerprint density at radius 3 is 1.41 bits per heavy atom. The molecule has 0 amide bonds. The fourth-order valence-electron chi connectivity index (χ4n) is 11.6. The van der Waals surface area contributed by atoms with E-state index in [9.17, 15) is 0 Å². The molecule has 0 aliphatic heterocycles. The van der Waals surface area contributed by atoms with E-state index in [2.05, 4.69) is 259 Å². The fraction of sp³-hybridized carbons (Fsp3) is 0.0154. The van der Waals surface area contributed by atoms with Crippen LogP contribution in [0.25, 0.3) is 66.1 Å². The molecule has 0 bridgehead atoms. The summed E-state index contributed by atoms with van der Waals surface area (Å²) in [6.45, 7) is 0. The molecule has 0 radical (unpaired) electrons. The molecule has 2 aliphatic rings. The summed E-state index contributed by atoms with van der Waals surface area (Å²) in [7, 11) is 0. The van der Waals surface area contributed by atoms with Crippen LogP contribution in [0.3, 0.4) is 0 Å². The molecular formula is C65H42N2O. The second kappa shape index (κ2) is 15.1. The fourth-order valence-corrected chi connectivity index (χ4v) is 11.6. The van der Waals surface area contributed by atoms with E-state index in [1.807, 2.05) is 6.07 Å². The van der Waals surface area contributed by atoms with Crippen molar-refractivity contribution in [3.05, 3.63) is 277 Å². The predicted octanol–water partition coefficient (Wildman–Crippen LogP) is 17.7. The number of hydrogen-bond donors (Lipinski definition) is 0. The minimum Gasteiger partial charge on any atom is -0.454 e. The number of anilines is 6. The highest BCUT2D eigenvalue weighted by Crippen LogP contribution is 2.64. The van der Waals surface area contributed by atoms with Gasteiger partial charge in [0.05, 0.1) is 16.8 Å². The van der Waals surface area contributed by atoms with Crippen molar-refractivity contribution in [3.8, 4) is 33.4 Å². The molecule has 14 rings (SSSR count). The Morgan fingerprint density at radius 1 is 0.294 bits per heavy atom. The molecule has 0 saturated heterocycles. The van der Waals surface area contributed by atoms with Crippen LogP contribution < -0.4 is 9.80 Å². The molecule has 0 fully saturated rings. The first-order chi connectivity index (χ1) is 33.7. The molecule has 68 heavy (non-hydrogen) atoms. The van der Waals surface area contributed by atoms with Gasteiger partial charge in [-0.05, 0) is 134 Å². The van der Waals surface area contributed by atoms with Crippen LogP contribution >= 0.6 is 0 Å². The van der Waals surface area contributed by atoms with Crippen molar-refractivity contribution in [3.63, 3.8) is 0 Å². The minimum atomic E-state index is -0.619. The summed E-state index contributed by atoms with van der Waals surface area (Å²) in [5.74, 6) is 0. The van der Waals surface area contributed by atoms with Gasteiger partial charge in [-0.15, -0.1) is 0 Å². The van der Waals surface area contributed by atoms with Gasteiger partial charge in [-0.2, -0.15) is 0 Å². The topological polar surface area (TPSA) is 19.6 Å². The number of fused-ring (bicyclic) bond motifs is 14. The first-order valence-corrected chi connectivity index (χ1v) is 23.4. The Hall–Kier alpha value is -8.92. The first kappa shape index (κ1) is 38.4. The summed E-state index contributed by atoms with van der Waals surface area (Å²) in [6.07, 6.45) is 0. The zero-order valence-electron chi connectivity index (χ0n) is 37.1. The van der Waals surface area contributed by atoms with Gasteiger partial charge in [-0.3, -0.25) is 0 Å². The van der Waals surface area contributed by atoms with Crippen LogP contribution in [-0.2, 0) is 5.41 Å². The Balaban J connectivity index is 1.04. The predicted molar refractivity (Wildman–Crippen MR) is 282 cm³/mol. The molecule has 2 aliphatic carbocycles. The molecule has 1 atom stereocenters. The lowest BCUT2D eigenvalue weighted by Crippen LogP contribution is -2.26. The van der Waals surface area contributed by atoms with E-state index in [0.29, 0.717) is 0 Å². The van der Waals surface area contributed by atoms with E-state index in [0.717, 1.165) is 56.1 Å². The highest BCUT2D eigenvalue weighted by atomic mass is 16.3. The molecule has 1 unspecified atom stereocenters. The van der Waals surface area contributed by atoms with Crippen LogP contribution in [0.2, 0.25) is 0 Å². The van der Waals surface area contributed by atoms with Crippen molar-refractivity contribution in [1.82, 2.24) is 0 Å². The third kappa shape index (κ3) is 5.60. The second-order valence-electron chi connectivity index (χ2n) is 18.0. The van der Waals surface area contributed by atoms with Gasteiger partial charge >= 0.3 is 0 Å². The monoisotopic (exact) mass is 866 g/mol. The SMILES string of the molecule is c1ccc(-c2cc3ccccc3cc2N(c2ccccc2)c2ccc3c(c2)C2(c4ccccc4-3)c3ccccc3-c3ccc(N(c4ccccc4)c4cccc5c4oc4ccccc45)cc32)cc1. The van der Waals surface area contributed by atoms with E-state index in [-0.39, 0.29) is 0 Å². The number of para-hydroxylation sites is 4. The van der Waals surface area contributed by atoms with Gasteiger partial charge in [0.15, 0.2) is 5.58 Å². The number of hydrogen-bond acceptors (Lipinski definition) is 3. The summed E-state index contributed by atoms with van der Waals surface area (Å²) in [6, 6.07) is 93.2. The van der Waals surface area contributed by atoms with E-state index in [4.69, 9.17) is 4.42 Å². The lowest BCUT2D eigenvalue weighted by molar-refractivity contribution is 0.669. The summed E-state index contributed by atoms with van der Waals surface area (Å²) in [4.78, 5) is 4.84. The zero-order valence-corrected chi connectivity index (χ0v) is 37.1. The van der Waals surface area contributed by atoms with Gasteiger partial charge in [0.2, 0.25) is 0 Å². The average Bonchev–Trinajstić information content (AvgIpc) is 4.04. The van der Waals surface area contributed by atoms with Gasteiger partial charge in [0.1, 0.15) is 5.58 Å². The minimum absolute atomic E-state index is 0.619. The van der Waals surface area contributed by atoms with Gasteiger partial charge < -0.3 is 14.2 Å². The molecule has 3 heteroatoms. The van der Waals surface area contributed by atoms with Crippen molar-refractivity contribution in [2.45, 2.75) is 5.41 Å². The molecular weight excluding hydrogens is 825 g/mol. The summed E-state index contributed by atoms with van der Waals surface area (Å²) in [5.41, 5.74) is 20.0. The Labute approximate surface area is 395 Å². The molecule has 11 aromatic carbocycles. The summed E-state index contributed by atoms with van der Waals surface area (Å²) >= 11 is 0. The van der Waals surface area contributed by atoms with Gasteiger partial charge in [-0.1, -0.05) is 182 Å². The third-order valence-corrected chi connectivity index (χ3v) is 14.4. The Bertz CT molecular complexity index is 3920. The van der Waals surface area contributed by atoms with Crippen molar-refractivity contribution in [1.29, 1.82) is 0 Å². The molecule has 1 heterocycles. The molecule has 318 valence electrons. The van der Waals surface area contributed by atoms with E-state index >= 15 is 0 Å². The standard InChI is InChI=1S/C65H42N2O/c1-4-19-43(20-5-1)56-39-44-21-10-11-22-45(44)40-62(56)67(47-25-8-3-9-26-47)49-36-38-53-51-28-13-16-32-58(51)65(60(53)42-49)57-31-15-12-27-50(57)52-37-35-48(41-59(52)65)66(46-23-6-2-7-24-46)61-33-18-30-55-54-29-14-17-34-63(54)68-64(55)61/h1-42H. The number of nitrogens with zero attached hydrogens (tertiary/aromatic N) is 2. The number of rotatable bonds is 7. The number of benzene rings is 11. The normalized spacial score (nSPS) is 14.2. The quantitative estimate of drug-likeness (QED) is 0.159. The van der Waals surface area contributed by atoms with Crippen molar-refractivity contribution >= 4 is 66.8 Å². The van der Waals surface area contributed by atoms with Crippen LogP contribution in [0.15, 0.2) is 259 Å². The molecule has 1 aromatic heterocycles. The van der Waals surface area contributed by atoms with Gasteiger partial charge in [-0.25, -0.2) is 0 Å². The maximum absolute atomic E-state index is 6.76. The highest BCUT2D eigenvalue weighted by molar-refractivity contribution is 6.10. The highest BCUT2D eigenvalue weighted by Gasteiger charge is 2.52. The maximum atomic E-state index is 6.76. The molecule has 1 spiro atoms. The molecule has 0 saturated carbocycles. The third-order valence-electron chi connectivity index (χ3n) is 14.4. The summed E-state index contributed by atoms with van der Waals surface area (Å²) in [5, 5.41) is 4.61. The van der Waals surface area contributed by atoms with Gasteiger partial charge in [0, 0.05) is 39.1 Å². The zero-order chi connectivity index (χ0) is 44.8. The van der Waals surface area contributed by atoms with Crippen LogP contribution in [-0.4, -0.2) is 0 Å². The summed E-state index contributed by atoms with van der Waals surface area (Å²) < 4.78 is 6.76. The largest absolute Gasteiger partial charge is 0.454 e. The second-order valence-corrected chi connectivity index (χ2v) is 18.0. The molecule has 3 nitrogen and oxygen atoms in total. The average molecular weight is 867 g/mol.